The van der Waals surface area contributed by atoms with Gasteiger partial charge in [-0.1, -0.05) is 102 Å². The first-order valence-electron chi connectivity index (χ1n) is 25.5. The van der Waals surface area contributed by atoms with Crippen LogP contribution >= 0.6 is 0 Å². The van der Waals surface area contributed by atoms with Crippen molar-refractivity contribution in [2.24, 2.45) is 0 Å². The van der Waals surface area contributed by atoms with E-state index in [4.69, 9.17) is 46.7 Å². The lowest BCUT2D eigenvalue weighted by atomic mass is 9.85. The molecule has 0 radical (unpaired) electrons. The predicted octanol–water partition coefficient (Wildman–Crippen LogP) is 14.2. The molecule has 0 aliphatic heterocycles. The quantitative estimate of drug-likeness (QED) is 0.0582. The van der Waals surface area contributed by atoms with Crippen molar-refractivity contribution in [3.63, 3.8) is 0 Å². The van der Waals surface area contributed by atoms with Gasteiger partial charge in [-0.25, -0.2) is 9.59 Å². The van der Waals surface area contributed by atoms with Gasteiger partial charge in [-0.3, -0.25) is 0 Å². The second-order valence-electron chi connectivity index (χ2n) is 22.2. The van der Waals surface area contributed by atoms with Gasteiger partial charge >= 0.3 is 11.9 Å². The van der Waals surface area contributed by atoms with Gasteiger partial charge < -0.3 is 57.0 Å². The molecule has 0 heterocycles. The second kappa shape index (κ2) is 23.4. The Labute approximate surface area is 450 Å². The molecule has 16 heteroatoms. The summed E-state index contributed by atoms with van der Waals surface area (Å²) in [6.45, 7) is 26.0. The molecule has 2 N–H and O–H groups in total. The molecule has 0 aromatic heterocycles. The van der Waals surface area contributed by atoms with Gasteiger partial charge in [-0.05, 0) is 73.4 Å². The normalized spacial score (nSPS) is 13.0. The first kappa shape index (κ1) is 58.8. The Balaban J connectivity index is 1.91. The number of methoxy groups -OCH3 is 6. The lowest BCUT2D eigenvalue weighted by molar-refractivity contribution is 0.0678. The summed E-state index contributed by atoms with van der Waals surface area (Å²) in [5.74, 6) is -2.22. The van der Waals surface area contributed by atoms with Crippen molar-refractivity contribution in [3.05, 3.63) is 106 Å². The van der Waals surface area contributed by atoms with Crippen LogP contribution in [0.3, 0.4) is 0 Å². The SMILES string of the molecule is COc1c(C(=O)O)c(OC)c2c(OCc3ccccc3)c(OC)c(C[C@@H](C)O[Si](C)(C)C(C)(C)C)cc2c1-c1c(OC)c(C(=O)O)c(OC)c2c(OCc3ccccc3)c(OC)c(C[C@@H](C)O[Si](C)(C)C(C)(C)C)cc12. The van der Waals surface area contributed by atoms with Crippen molar-refractivity contribution in [1.29, 1.82) is 0 Å². The molecule has 76 heavy (non-hydrogen) atoms. The summed E-state index contributed by atoms with van der Waals surface area (Å²) in [6.07, 6.45) is -0.0394. The lowest BCUT2D eigenvalue weighted by Gasteiger charge is -2.38. The Hall–Kier alpha value is -6.47. The maximum absolute atomic E-state index is 14.0. The number of benzene rings is 6. The molecule has 0 bridgehead atoms. The zero-order valence-corrected chi connectivity index (χ0v) is 49.7. The number of aromatic carboxylic acids is 2. The maximum Gasteiger partial charge on any atom is 0.343 e. The summed E-state index contributed by atoms with van der Waals surface area (Å²) < 4.78 is 65.2. The Bertz CT molecular complexity index is 2860. The summed E-state index contributed by atoms with van der Waals surface area (Å²) in [7, 11) is 3.90. The van der Waals surface area contributed by atoms with Crippen molar-refractivity contribution >= 4 is 50.1 Å². The van der Waals surface area contributed by atoms with E-state index in [9.17, 15) is 19.8 Å². The van der Waals surface area contributed by atoms with Crippen LogP contribution in [0.2, 0.25) is 36.3 Å². The van der Waals surface area contributed by atoms with Crippen molar-refractivity contribution in [1.82, 2.24) is 0 Å². The number of rotatable bonds is 23. The highest BCUT2D eigenvalue weighted by atomic mass is 28.4. The third kappa shape index (κ3) is 11.7. The van der Waals surface area contributed by atoms with Crippen LogP contribution in [0.25, 0.3) is 32.7 Å². The topological polar surface area (TPSA) is 167 Å². The van der Waals surface area contributed by atoms with Crippen molar-refractivity contribution < 1.29 is 66.5 Å². The van der Waals surface area contributed by atoms with E-state index in [2.05, 4.69) is 67.7 Å². The van der Waals surface area contributed by atoms with E-state index in [1.165, 1.54) is 42.7 Å². The van der Waals surface area contributed by atoms with Crippen LogP contribution in [0.4, 0.5) is 0 Å². The van der Waals surface area contributed by atoms with Gasteiger partial charge in [0.1, 0.15) is 47.3 Å². The minimum absolute atomic E-state index is 0.0526. The number of carboxylic acid groups (broad SMARTS) is 2. The summed E-state index contributed by atoms with van der Waals surface area (Å²) in [5.41, 5.74) is 2.54. The van der Waals surface area contributed by atoms with E-state index < -0.39 is 28.6 Å². The molecule has 6 aromatic rings. The minimum Gasteiger partial charge on any atom is -0.495 e. The molecule has 0 aliphatic rings. The van der Waals surface area contributed by atoms with Crippen molar-refractivity contribution in [2.75, 3.05) is 42.7 Å². The molecule has 0 spiro atoms. The van der Waals surface area contributed by atoms with Gasteiger partial charge in [0.15, 0.2) is 39.6 Å². The Kier molecular flexibility index (Phi) is 18.1. The Morgan fingerprint density at radius 1 is 0.474 bits per heavy atom. The highest BCUT2D eigenvalue weighted by Gasteiger charge is 2.42. The zero-order chi connectivity index (χ0) is 56.2. The standard InChI is InChI=1S/C60H78O14Si2/c1-35(73-75(15,16)59(3,4)5)29-39-31-41-43(51(67-11)47(57(61)62)53(69-13)45(41)55(49(39)65-9)71-33-37-25-21-19-22-26-37)44-42-32-40(30-36(2)74-76(17,18)60(6,7)8)50(66-10)56(72-34-38-27-23-20-24-28-38)46(42)54(70-14)48(58(63)64)52(44)68-12/h19-28,31-32,35-36H,29-30,33-34H2,1-18H3,(H,61,62)(H,63,64)/t35-,36-/m1/s1. The molecule has 0 fully saturated rings. The van der Waals surface area contributed by atoms with E-state index in [0.717, 1.165) is 11.1 Å². The summed E-state index contributed by atoms with van der Waals surface area (Å²) >= 11 is 0. The zero-order valence-electron chi connectivity index (χ0n) is 47.7. The molecule has 0 unspecified atom stereocenters. The van der Waals surface area contributed by atoms with Crippen LogP contribution < -0.4 is 37.9 Å². The summed E-state index contributed by atoms with van der Waals surface area (Å²) in [6, 6.07) is 22.9. The van der Waals surface area contributed by atoms with Crippen LogP contribution in [-0.4, -0.2) is 93.7 Å². The molecule has 2 atom stereocenters. The number of hydrogen-bond acceptors (Lipinski definition) is 12. The molecule has 6 aromatic carbocycles. The molecule has 410 valence electrons. The van der Waals surface area contributed by atoms with Gasteiger partial charge in [0.05, 0.1) is 53.4 Å². The molecule has 14 nitrogen and oxygen atoms in total. The smallest absolute Gasteiger partial charge is 0.343 e. The highest BCUT2D eigenvalue weighted by Crippen LogP contribution is 2.59. The first-order valence-corrected chi connectivity index (χ1v) is 31.3. The molecule has 0 saturated carbocycles. The lowest BCUT2D eigenvalue weighted by Crippen LogP contribution is -2.43. The maximum atomic E-state index is 14.0. The molecule has 0 saturated heterocycles. The van der Waals surface area contributed by atoms with E-state index in [0.29, 0.717) is 46.2 Å². The van der Waals surface area contributed by atoms with Crippen LogP contribution in [-0.2, 0) is 34.9 Å². The molecule has 0 aliphatic carbocycles. The number of carbonyl (C=O) groups is 2. The fraction of sp³-hybridized carbons (Fsp3) is 0.433. The summed E-state index contributed by atoms with van der Waals surface area (Å²) in [4.78, 5) is 28.1. The Morgan fingerprint density at radius 2 is 0.776 bits per heavy atom. The number of hydrogen-bond donors (Lipinski definition) is 2. The summed E-state index contributed by atoms with van der Waals surface area (Å²) in [5, 5.41) is 23.8. The number of ether oxygens (including phenoxy) is 8. The molecular formula is C60H78O14Si2. The largest absolute Gasteiger partial charge is 0.495 e. The number of fused-ring (bicyclic) bond motifs is 2. The second-order valence-corrected chi connectivity index (χ2v) is 31.7. The van der Waals surface area contributed by atoms with E-state index in [1.54, 1.807) is 0 Å². The predicted molar refractivity (Wildman–Crippen MR) is 305 cm³/mol. The average molecular weight is 1080 g/mol. The monoisotopic (exact) mass is 1080 g/mol. The van der Waals surface area contributed by atoms with Crippen molar-refractivity contribution in [3.8, 4) is 57.1 Å². The van der Waals surface area contributed by atoms with Gasteiger partial charge in [-0.2, -0.15) is 0 Å². The third-order valence-corrected chi connectivity index (χ3v) is 24.2. The van der Waals surface area contributed by atoms with Crippen LogP contribution in [0.1, 0.15) is 98.4 Å². The van der Waals surface area contributed by atoms with Gasteiger partial charge in [0, 0.05) is 58.1 Å². The van der Waals surface area contributed by atoms with E-state index in [-0.39, 0.29) is 103 Å². The molecule has 0 amide bonds. The Morgan fingerprint density at radius 3 is 1.04 bits per heavy atom. The van der Waals surface area contributed by atoms with Crippen LogP contribution in [0, 0.1) is 0 Å². The molecule has 6 rings (SSSR count). The first-order chi connectivity index (χ1) is 35.7. The van der Waals surface area contributed by atoms with Crippen molar-refractivity contribution in [2.45, 2.75) is 130 Å². The minimum atomic E-state index is -2.33. The number of carboxylic acids is 2. The molecular weight excluding hydrogens is 1000 g/mol. The van der Waals surface area contributed by atoms with Gasteiger partial charge in [0.2, 0.25) is 0 Å². The fourth-order valence-electron chi connectivity index (χ4n) is 9.43. The van der Waals surface area contributed by atoms with Gasteiger partial charge in [0.25, 0.3) is 0 Å². The third-order valence-electron chi connectivity index (χ3n) is 15.0. The highest BCUT2D eigenvalue weighted by molar-refractivity contribution is 6.74. The average Bonchev–Trinajstić information content (AvgIpc) is 3.36. The van der Waals surface area contributed by atoms with Gasteiger partial charge in [-0.15, -0.1) is 0 Å². The van der Waals surface area contributed by atoms with E-state index >= 15 is 0 Å². The fourth-order valence-corrected chi connectivity index (χ4v) is 12.3. The van der Waals surface area contributed by atoms with Crippen LogP contribution in [0.5, 0.6) is 46.0 Å². The van der Waals surface area contributed by atoms with Crippen LogP contribution in [0.15, 0.2) is 72.8 Å². The van der Waals surface area contributed by atoms with E-state index in [1.807, 2.05) is 86.6 Å².